The van der Waals surface area contributed by atoms with Crippen molar-refractivity contribution in [3.8, 4) is 11.1 Å². The van der Waals surface area contributed by atoms with E-state index in [2.05, 4.69) is 10.4 Å². The van der Waals surface area contributed by atoms with Crippen LogP contribution in [0, 0.1) is 0 Å². The highest BCUT2D eigenvalue weighted by Gasteiger charge is 2.17. The average Bonchev–Trinajstić information content (AvgIpc) is 3.11. The van der Waals surface area contributed by atoms with E-state index < -0.39 is 0 Å². The molecule has 1 aromatic heterocycles. The highest BCUT2D eigenvalue weighted by Crippen LogP contribution is 2.18. The number of hydrogen-bond acceptors (Lipinski definition) is 2. The minimum Gasteiger partial charge on any atom is -0.352 e. The van der Waals surface area contributed by atoms with Gasteiger partial charge in [0, 0.05) is 17.8 Å². The van der Waals surface area contributed by atoms with Crippen LogP contribution in [0.25, 0.3) is 11.1 Å². The molecule has 3 rings (SSSR count). The number of carbonyl (C=O) groups excluding carboxylic acids is 1. The lowest BCUT2D eigenvalue weighted by molar-refractivity contribution is -0.122. The maximum atomic E-state index is 11.9. The Balaban J connectivity index is 1.61. The van der Waals surface area contributed by atoms with Gasteiger partial charge in [-0.25, -0.2) is 0 Å². The van der Waals surface area contributed by atoms with Crippen LogP contribution in [-0.2, 0) is 11.3 Å². The zero-order valence-corrected chi connectivity index (χ0v) is 11.5. The lowest BCUT2D eigenvalue weighted by Gasteiger charge is -2.11. The quantitative estimate of drug-likeness (QED) is 0.927. The molecule has 1 amide bonds. The molecule has 0 atom stereocenters. The van der Waals surface area contributed by atoms with Gasteiger partial charge in [-0.1, -0.05) is 43.2 Å². The largest absolute Gasteiger partial charge is 0.352 e. The van der Waals surface area contributed by atoms with E-state index >= 15 is 0 Å². The third kappa shape index (κ3) is 3.07. The molecule has 1 heterocycles. The fourth-order valence-electron chi connectivity index (χ4n) is 2.72. The van der Waals surface area contributed by atoms with Crippen LogP contribution >= 0.6 is 0 Å². The Morgan fingerprint density at radius 2 is 1.95 bits per heavy atom. The summed E-state index contributed by atoms with van der Waals surface area (Å²) in [5.41, 5.74) is 2.16. The summed E-state index contributed by atoms with van der Waals surface area (Å²) >= 11 is 0. The van der Waals surface area contributed by atoms with E-state index in [4.69, 9.17) is 0 Å². The fourth-order valence-corrected chi connectivity index (χ4v) is 2.72. The fraction of sp³-hybridized carbons (Fsp3) is 0.375. The van der Waals surface area contributed by atoms with Gasteiger partial charge in [0.2, 0.25) is 5.91 Å². The molecule has 1 N–H and O–H groups in total. The van der Waals surface area contributed by atoms with Crippen LogP contribution in [0.1, 0.15) is 25.7 Å². The second-order valence-electron chi connectivity index (χ2n) is 5.34. The molecule has 1 aliphatic rings. The van der Waals surface area contributed by atoms with Gasteiger partial charge in [-0.3, -0.25) is 9.48 Å². The van der Waals surface area contributed by atoms with E-state index in [1.54, 1.807) is 10.9 Å². The van der Waals surface area contributed by atoms with Crippen LogP contribution in [0.15, 0.2) is 42.7 Å². The summed E-state index contributed by atoms with van der Waals surface area (Å²) in [6, 6.07) is 10.4. The summed E-state index contributed by atoms with van der Waals surface area (Å²) in [6.45, 7) is 0.295. The minimum atomic E-state index is 0.0552. The van der Waals surface area contributed by atoms with Gasteiger partial charge in [-0.05, 0) is 18.4 Å². The number of carbonyl (C=O) groups is 1. The molecule has 4 nitrogen and oxygen atoms in total. The average molecular weight is 269 g/mol. The normalized spacial score (nSPS) is 15.4. The molecule has 0 saturated heterocycles. The topological polar surface area (TPSA) is 46.9 Å². The lowest BCUT2D eigenvalue weighted by atomic mass is 10.1. The second-order valence-corrected chi connectivity index (χ2v) is 5.34. The van der Waals surface area contributed by atoms with Crippen molar-refractivity contribution < 1.29 is 4.79 Å². The first-order valence-corrected chi connectivity index (χ1v) is 7.18. The monoisotopic (exact) mass is 269 g/mol. The Morgan fingerprint density at radius 1 is 1.20 bits per heavy atom. The Bertz CT molecular complexity index is 570. The minimum absolute atomic E-state index is 0.0552. The second kappa shape index (κ2) is 5.90. The Labute approximate surface area is 118 Å². The summed E-state index contributed by atoms with van der Waals surface area (Å²) in [7, 11) is 0. The molecule has 1 saturated carbocycles. The van der Waals surface area contributed by atoms with Gasteiger partial charge in [0.05, 0.1) is 6.20 Å². The van der Waals surface area contributed by atoms with Crippen LogP contribution in [0.3, 0.4) is 0 Å². The van der Waals surface area contributed by atoms with E-state index in [1.807, 2.05) is 36.5 Å². The Morgan fingerprint density at radius 3 is 2.70 bits per heavy atom. The molecule has 0 spiro atoms. The maximum Gasteiger partial charge on any atom is 0.241 e. The molecule has 0 radical (unpaired) electrons. The van der Waals surface area contributed by atoms with Crippen molar-refractivity contribution in [2.45, 2.75) is 38.3 Å². The van der Waals surface area contributed by atoms with Crippen LogP contribution in [0.4, 0.5) is 0 Å². The van der Waals surface area contributed by atoms with Crippen LogP contribution in [0.5, 0.6) is 0 Å². The standard InChI is InChI=1S/C16H19N3O/c20-16(18-15-8-4-5-9-15)12-19-11-14(10-17-19)13-6-2-1-3-7-13/h1-3,6-7,10-11,15H,4-5,8-9,12H2,(H,18,20). The molecule has 2 aromatic rings. The lowest BCUT2D eigenvalue weighted by Crippen LogP contribution is -2.35. The number of nitrogens with zero attached hydrogens (tertiary/aromatic N) is 2. The van der Waals surface area contributed by atoms with Crippen molar-refractivity contribution in [3.63, 3.8) is 0 Å². The van der Waals surface area contributed by atoms with E-state index in [-0.39, 0.29) is 5.91 Å². The number of hydrogen-bond donors (Lipinski definition) is 1. The predicted octanol–water partition coefficient (Wildman–Crippen LogP) is 2.61. The van der Waals surface area contributed by atoms with Crippen molar-refractivity contribution in [1.29, 1.82) is 0 Å². The molecule has 0 aliphatic heterocycles. The van der Waals surface area contributed by atoms with E-state index in [0.717, 1.165) is 24.0 Å². The SMILES string of the molecule is O=C(Cn1cc(-c2ccccc2)cn1)NC1CCCC1. The molecule has 0 bridgehead atoms. The van der Waals surface area contributed by atoms with Gasteiger partial charge >= 0.3 is 0 Å². The molecule has 1 aliphatic carbocycles. The highest BCUT2D eigenvalue weighted by atomic mass is 16.2. The van der Waals surface area contributed by atoms with Gasteiger partial charge in [-0.2, -0.15) is 5.10 Å². The highest BCUT2D eigenvalue weighted by molar-refractivity contribution is 5.76. The van der Waals surface area contributed by atoms with Crippen molar-refractivity contribution in [2.75, 3.05) is 0 Å². The van der Waals surface area contributed by atoms with Crippen molar-refractivity contribution >= 4 is 5.91 Å². The number of aromatic nitrogens is 2. The van der Waals surface area contributed by atoms with Crippen molar-refractivity contribution in [1.82, 2.24) is 15.1 Å². The van der Waals surface area contributed by atoms with Crippen molar-refractivity contribution in [2.24, 2.45) is 0 Å². The summed E-state index contributed by atoms with van der Waals surface area (Å²) in [4.78, 5) is 11.9. The molecular formula is C16H19N3O. The first kappa shape index (κ1) is 12.9. The van der Waals surface area contributed by atoms with Gasteiger partial charge in [0.15, 0.2) is 0 Å². The molecule has 104 valence electrons. The molecule has 1 fully saturated rings. The van der Waals surface area contributed by atoms with Crippen LogP contribution in [0.2, 0.25) is 0 Å². The summed E-state index contributed by atoms with van der Waals surface area (Å²) in [5.74, 6) is 0.0552. The maximum absolute atomic E-state index is 11.9. The van der Waals surface area contributed by atoms with Gasteiger partial charge in [0.1, 0.15) is 6.54 Å². The third-order valence-electron chi connectivity index (χ3n) is 3.77. The summed E-state index contributed by atoms with van der Waals surface area (Å²) in [5, 5.41) is 7.34. The van der Waals surface area contributed by atoms with Crippen molar-refractivity contribution in [3.05, 3.63) is 42.7 Å². The first-order valence-electron chi connectivity index (χ1n) is 7.18. The Kier molecular flexibility index (Phi) is 3.81. The van der Waals surface area contributed by atoms with Gasteiger partial charge < -0.3 is 5.32 Å². The van der Waals surface area contributed by atoms with Crippen LogP contribution < -0.4 is 5.32 Å². The van der Waals surface area contributed by atoms with E-state index in [9.17, 15) is 4.79 Å². The zero-order chi connectivity index (χ0) is 13.8. The van der Waals surface area contributed by atoms with Gasteiger partial charge in [0.25, 0.3) is 0 Å². The number of amides is 1. The molecular weight excluding hydrogens is 250 g/mol. The molecule has 0 unspecified atom stereocenters. The van der Waals surface area contributed by atoms with E-state index in [1.165, 1.54) is 12.8 Å². The van der Waals surface area contributed by atoms with E-state index in [0.29, 0.717) is 12.6 Å². The summed E-state index contributed by atoms with van der Waals surface area (Å²) < 4.78 is 1.70. The molecule has 20 heavy (non-hydrogen) atoms. The summed E-state index contributed by atoms with van der Waals surface area (Å²) in [6.07, 6.45) is 8.40. The Hall–Kier alpha value is -2.10. The van der Waals surface area contributed by atoms with Crippen LogP contribution in [-0.4, -0.2) is 21.7 Å². The number of rotatable bonds is 4. The predicted molar refractivity (Wildman–Crippen MR) is 78.1 cm³/mol. The molecule has 4 heteroatoms. The smallest absolute Gasteiger partial charge is 0.241 e. The zero-order valence-electron chi connectivity index (χ0n) is 11.5. The van der Waals surface area contributed by atoms with Gasteiger partial charge in [-0.15, -0.1) is 0 Å². The number of nitrogens with one attached hydrogen (secondary N) is 1. The third-order valence-corrected chi connectivity index (χ3v) is 3.77. The number of benzene rings is 1. The first-order chi connectivity index (χ1) is 9.81. The molecule has 1 aromatic carbocycles.